The maximum atomic E-state index is 2.59. The van der Waals surface area contributed by atoms with Gasteiger partial charge in [0.15, 0.2) is 0 Å². The second-order valence-corrected chi connectivity index (χ2v) is 8.89. The maximum absolute atomic E-state index is 2.59. The summed E-state index contributed by atoms with van der Waals surface area (Å²) in [5.74, 6) is 9.20. The highest BCUT2D eigenvalue weighted by Gasteiger charge is 2.74. The van der Waals surface area contributed by atoms with Crippen molar-refractivity contribution < 1.29 is 0 Å². The number of hydrogen-bond acceptors (Lipinski definition) is 0. The molecule has 0 nitrogen and oxygen atoms in total. The summed E-state index contributed by atoms with van der Waals surface area (Å²) in [5, 5.41) is 0. The molecule has 5 fully saturated rings. The Balaban J connectivity index is 1.89. The van der Waals surface area contributed by atoms with Crippen LogP contribution in [-0.2, 0) is 10.9 Å². The Morgan fingerprint density at radius 2 is 1.46 bits per heavy atom. The van der Waals surface area contributed by atoms with E-state index in [9.17, 15) is 0 Å². The Morgan fingerprint density at radius 1 is 0.923 bits per heavy atom. The van der Waals surface area contributed by atoms with Crippen LogP contribution in [0.2, 0.25) is 0 Å². The summed E-state index contributed by atoms with van der Waals surface area (Å²) in [4.78, 5) is 0. The highest BCUT2D eigenvalue weighted by atomic mass is 32.2. The lowest BCUT2D eigenvalue weighted by Crippen LogP contribution is -2.49. The Kier molecular flexibility index (Phi) is 1.16. The molecule has 13 heavy (non-hydrogen) atoms. The fourth-order valence-corrected chi connectivity index (χ4v) is 8.99. The molecule has 72 valence electrons. The van der Waals surface area contributed by atoms with Crippen LogP contribution in [0, 0.1) is 29.6 Å². The maximum Gasteiger partial charge on any atom is 0.126 e. The normalized spacial score (nSPS) is 65.1. The number of hydrogen-bond donors (Lipinski definition) is 0. The average molecular weight is 195 g/mol. The van der Waals surface area contributed by atoms with E-state index in [1.807, 2.05) is 0 Å². The van der Waals surface area contributed by atoms with Crippen LogP contribution in [0.4, 0.5) is 0 Å². The highest BCUT2D eigenvalue weighted by Crippen LogP contribution is 2.69. The van der Waals surface area contributed by atoms with Gasteiger partial charge in [-0.1, -0.05) is 0 Å². The quantitative estimate of drug-likeness (QED) is 0.520. The predicted molar refractivity (Wildman–Crippen MR) is 57.9 cm³/mol. The average Bonchev–Trinajstić information content (AvgIpc) is 2.70. The second-order valence-electron chi connectivity index (χ2n) is 6.19. The third-order valence-corrected chi connectivity index (χ3v) is 9.07. The zero-order valence-corrected chi connectivity index (χ0v) is 9.44. The molecule has 0 N–H and O–H groups in total. The van der Waals surface area contributed by atoms with Crippen LogP contribution in [0.25, 0.3) is 0 Å². The van der Waals surface area contributed by atoms with Crippen LogP contribution in [-0.4, -0.2) is 16.3 Å². The molecule has 2 aliphatic carbocycles. The van der Waals surface area contributed by atoms with E-state index in [1.165, 1.54) is 23.7 Å². The Labute approximate surface area is 83.8 Å². The van der Waals surface area contributed by atoms with E-state index < -0.39 is 0 Å². The van der Waals surface area contributed by atoms with Crippen molar-refractivity contribution in [3.05, 3.63) is 0 Å². The Morgan fingerprint density at radius 3 is 2.00 bits per heavy atom. The predicted octanol–water partition coefficient (Wildman–Crippen LogP) is 2.30. The van der Waals surface area contributed by atoms with Crippen LogP contribution < -0.4 is 0 Å². The summed E-state index contributed by atoms with van der Waals surface area (Å²) < 4.78 is 0.745. The molecule has 0 aromatic rings. The van der Waals surface area contributed by atoms with E-state index in [0.29, 0.717) is 0 Å². The minimum atomic E-state index is 0.745. The van der Waals surface area contributed by atoms with Gasteiger partial charge in [-0.05, 0) is 49.4 Å². The van der Waals surface area contributed by atoms with Gasteiger partial charge in [0, 0.05) is 17.8 Å². The monoisotopic (exact) mass is 195 g/mol. The lowest BCUT2D eigenvalue weighted by Gasteiger charge is -2.39. The molecule has 2 saturated carbocycles. The number of rotatable bonds is 0. The van der Waals surface area contributed by atoms with Crippen LogP contribution in [0.1, 0.15) is 26.7 Å². The van der Waals surface area contributed by atoms with Crippen molar-refractivity contribution in [3.8, 4) is 0 Å². The first kappa shape index (κ1) is 7.62. The molecule has 3 saturated heterocycles. The molecule has 0 aromatic carbocycles. The lowest BCUT2D eigenvalue weighted by atomic mass is 9.82. The molecule has 1 heteroatoms. The Bertz CT molecular complexity index is 250. The zero-order valence-electron chi connectivity index (χ0n) is 8.62. The molecule has 6 bridgehead atoms. The van der Waals surface area contributed by atoms with E-state index >= 15 is 0 Å². The van der Waals surface area contributed by atoms with Gasteiger partial charge in [0.2, 0.25) is 0 Å². The molecule has 3 aliphatic heterocycles. The van der Waals surface area contributed by atoms with Crippen molar-refractivity contribution in [2.75, 3.05) is 11.5 Å². The summed E-state index contributed by atoms with van der Waals surface area (Å²) in [6, 6.07) is 0. The van der Waals surface area contributed by atoms with Crippen molar-refractivity contribution >= 4 is 10.9 Å². The first-order valence-corrected chi connectivity index (χ1v) is 7.43. The van der Waals surface area contributed by atoms with Gasteiger partial charge >= 0.3 is 0 Å². The van der Waals surface area contributed by atoms with Crippen LogP contribution in [0.5, 0.6) is 0 Å². The van der Waals surface area contributed by atoms with Gasteiger partial charge in [-0.15, -0.1) is 0 Å². The molecule has 2 unspecified atom stereocenters. The van der Waals surface area contributed by atoms with Gasteiger partial charge in [0.25, 0.3) is 0 Å². The van der Waals surface area contributed by atoms with Gasteiger partial charge in [-0.25, -0.2) is 0 Å². The van der Waals surface area contributed by atoms with Crippen LogP contribution in [0.3, 0.4) is 0 Å². The van der Waals surface area contributed by atoms with Gasteiger partial charge in [-0.2, -0.15) is 0 Å². The fraction of sp³-hybridized carbons (Fsp3) is 1.00. The topological polar surface area (TPSA) is 0 Å². The second kappa shape index (κ2) is 1.98. The van der Waals surface area contributed by atoms with Crippen LogP contribution in [0.15, 0.2) is 0 Å². The van der Waals surface area contributed by atoms with Crippen molar-refractivity contribution in [1.29, 1.82) is 0 Å². The smallest absolute Gasteiger partial charge is 0.0492 e. The minimum Gasteiger partial charge on any atom is -0.0492 e. The molecule has 5 rings (SSSR count). The summed E-state index contributed by atoms with van der Waals surface area (Å²) >= 11 is 0. The van der Waals surface area contributed by atoms with Crippen LogP contribution >= 0.6 is 0 Å². The van der Waals surface area contributed by atoms with E-state index in [4.69, 9.17) is 0 Å². The minimum absolute atomic E-state index is 0.745. The fourth-order valence-electron chi connectivity index (χ4n) is 5.34. The third kappa shape index (κ3) is 0.643. The highest BCUT2D eigenvalue weighted by molar-refractivity contribution is 7.98. The molecule has 5 aliphatic rings. The summed E-state index contributed by atoms with van der Waals surface area (Å²) in [6.07, 6.45) is 3.19. The molecule has 6 atom stereocenters. The summed E-state index contributed by atoms with van der Waals surface area (Å²) in [6.45, 7) is 5.17. The molecule has 0 radical (unpaired) electrons. The van der Waals surface area contributed by atoms with Gasteiger partial charge < -0.3 is 0 Å². The molecule has 0 aromatic heterocycles. The van der Waals surface area contributed by atoms with Crippen molar-refractivity contribution in [2.45, 2.75) is 31.4 Å². The molecular formula is C12H19S+. The largest absolute Gasteiger partial charge is 0.126 e. The lowest BCUT2D eigenvalue weighted by molar-refractivity contribution is 0.281. The third-order valence-electron chi connectivity index (χ3n) is 5.74. The van der Waals surface area contributed by atoms with Crippen molar-refractivity contribution in [3.63, 3.8) is 0 Å². The SMILES string of the molecule is CC1(C)C2[C@H]3CC[C@@H]2[C@H]2C[S+]1C[C@@H]23. The summed E-state index contributed by atoms with van der Waals surface area (Å²) in [7, 11) is 0.830. The first-order valence-electron chi connectivity index (χ1n) is 5.87. The van der Waals surface area contributed by atoms with Gasteiger partial charge in [0.05, 0.1) is 0 Å². The molecule has 3 heterocycles. The van der Waals surface area contributed by atoms with E-state index in [1.54, 1.807) is 24.3 Å². The molecule has 0 spiro atoms. The molecule has 0 amide bonds. The molecular weight excluding hydrogens is 176 g/mol. The van der Waals surface area contributed by atoms with Crippen molar-refractivity contribution in [2.24, 2.45) is 29.6 Å². The zero-order chi connectivity index (χ0) is 8.79. The van der Waals surface area contributed by atoms with E-state index in [-0.39, 0.29) is 0 Å². The van der Waals surface area contributed by atoms with Gasteiger partial charge in [0.1, 0.15) is 16.3 Å². The van der Waals surface area contributed by atoms with Gasteiger partial charge in [-0.3, -0.25) is 0 Å². The Hall–Kier alpha value is 0.350. The standard InChI is InChI=1S/C12H19S/c1-12(2)11-7-3-4-8(11)10-6-13(12)5-9(7)10/h7-11H,3-6H2,1-2H3/q+1/t7-,8+,9-,10-,11?,13?/m1/s1. The first-order chi connectivity index (χ1) is 6.19. The van der Waals surface area contributed by atoms with E-state index in [2.05, 4.69) is 13.8 Å². The summed E-state index contributed by atoms with van der Waals surface area (Å²) in [5.41, 5.74) is 0. The van der Waals surface area contributed by atoms with Crippen molar-refractivity contribution in [1.82, 2.24) is 0 Å². The van der Waals surface area contributed by atoms with E-state index in [0.717, 1.165) is 21.6 Å².